The minimum absolute atomic E-state index is 0.0932. The lowest BCUT2D eigenvalue weighted by atomic mass is 10.1. The maximum Gasteiger partial charge on any atom is 0.242 e. The number of thioether (sulfide) groups is 1. The number of nitrogens with one attached hydrogen (secondary N) is 1. The summed E-state index contributed by atoms with van der Waals surface area (Å²) < 4.78 is 0. The van der Waals surface area contributed by atoms with Crippen molar-refractivity contribution in [2.24, 2.45) is 4.99 Å². The molecule has 1 aliphatic rings. The van der Waals surface area contributed by atoms with Crippen LogP contribution >= 0.6 is 11.8 Å². The van der Waals surface area contributed by atoms with Crippen LogP contribution in [0.2, 0.25) is 0 Å². The highest BCUT2D eigenvalue weighted by Crippen LogP contribution is 2.33. The maximum atomic E-state index is 13.3. The Bertz CT molecular complexity index is 1150. The predicted octanol–water partition coefficient (Wildman–Crippen LogP) is 5.46. The molecule has 32 heavy (non-hydrogen) atoms. The molecular formula is C26H25N3O2S. The van der Waals surface area contributed by atoms with Gasteiger partial charge in [-0.25, -0.2) is 4.99 Å². The lowest BCUT2D eigenvalue weighted by molar-refractivity contribution is -0.128. The van der Waals surface area contributed by atoms with Crippen LogP contribution in [0.1, 0.15) is 23.1 Å². The molecular weight excluding hydrogens is 418 g/mol. The van der Waals surface area contributed by atoms with Gasteiger partial charge in [0.05, 0.1) is 12.2 Å². The van der Waals surface area contributed by atoms with E-state index in [1.807, 2.05) is 92.7 Å². The number of carbonyl (C=O) groups is 2. The summed E-state index contributed by atoms with van der Waals surface area (Å²) in [7, 11) is 0. The molecule has 1 fully saturated rings. The summed E-state index contributed by atoms with van der Waals surface area (Å²) in [5.74, 6) is -0.271. The first-order chi connectivity index (χ1) is 15.5. The summed E-state index contributed by atoms with van der Waals surface area (Å²) in [4.78, 5) is 32.4. The quantitative estimate of drug-likeness (QED) is 0.550. The highest BCUT2D eigenvalue weighted by molar-refractivity contribution is 8.15. The van der Waals surface area contributed by atoms with E-state index in [0.29, 0.717) is 11.7 Å². The summed E-state index contributed by atoms with van der Waals surface area (Å²) in [6, 6.07) is 25.3. The van der Waals surface area contributed by atoms with E-state index < -0.39 is 5.25 Å². The van der Waals surface area contributed by atoms with E-state index in [1.54, 1.807) is 4.90 Å². The van der Waals surface area contributed by atoms with Gasteiger partial charge in [-0.3, -0.25) is 14.5 Å². The molecule has 162 valence electrons. The summed E-state index contributed by atoms with van der Waals surface area (Å²) in [6.07, 6.45) is 0.0932. The SMILES string of the molecule is Cc1ccc(NC(=O)C[C@@H]2SC(=Nc3ccccc3)N(Cc3ccccc3)C2=O)c(C)c1. The molecule has 0 radical (unpaired) electrons. The number of amidine groups is 1. The summed E-state index contributed by atoms with van der Waals surface area (Å²) in [6.45, 7) is 4.40. The Morgan fingerprint density at radius 1 is 1.00 bits per heavy atom. The van der Waals surface area contributed by atoms with Crippen LogP contribution in [-0.2, 0) is 16.1 Å². The molecule has 3 aromatic rings. The van der Waals surface area contributed by atoms with Gasteiger partial charge >= 0.3 is 0 Å². The standard InChI is InChI=1S/C26H25N3O2S/c1-18-13-14-22(19(2)15-18)28-24(30)16-23-25(31)29(17-20-9-5-3-6-10-20)26(32-23)27-21-11-7-4-8-12-21/h3-15,23H,16-17H2,1-2H3,(H,28,30)/t23-/m0/s1. The van der Waals surface area contributed by atoms with E-state index in [2.05, 4.69) is 5.32 Å². The van der Waals surface area contributed by atoms with Gasteiger partial charge in [0.25, 0.3) is 0 Å². The van der Waals surface area contributed by atoms with Crippen LogP contribution in [0, 0.1) is 13.8 Å². The van der Waals surface area contributed by atoms with E-state index in [4.69, 9.17) is 4.99 Å². The van der Waals surface area contributed by atoms with Gasteiger partial charge in [0.1, 0.15) is 5.25 Å². The smallest absolute Gasteiger partial charge is 0.242 e. The Morgan fingerprint density at radius 2 is 1.69 bits per heavy atom. The molecule has 0 spiro atoms. The number of aliphatic imine (C=N–C) groups is 1. The average molecular weight is 444 g/mol. The van der Waals surface area contributed by atoms with Crippen molar-refractivity contribution in [3.05, 3.63) is 95.6 Å². The molecule has 1 N–H and O–H groups in total. The number of nitrogens with zero attached hydrogens (tertiary/aromatic N) is 2. The van der Waals surface area contributed by atoms with Crippen LogP contribution in [-0.4, -0.2) is 27.1 Å². The summed E-state index contributed by atoms with van der Waals surface area (Å²) in [5, 5.41) is 3.06. The van der Waals surface area contributed by atoms with Gasteiger partial charge in [0.15, 0.2) is 5.17 Å². The van der Waals surface area contributed by atoms with Crippen molar-refractivity contribution < 1.29 is 9.59 Å². The van der Waals surface area contributed by atoms with Gasteiger partial charge in [-0.1, -0.05) is 78.0 Å². The molecule has 5 nitrogen and oxygen atoms in total. The minimum atomic E-state index is -0.507. The first kappa shape index (κ1) is 21.8. The lowest BCUT2D eigenvalue weighted by Crippen LogP contribution is -2.33. The molecule has 0 bridgehead atoms. The monoisotopic (exact) mass is 443 g/mol. The zero-order valence-corrected chi connectivity index (χ0v) is 18.9. The first-order valence-corrected chi connectivity index (χ1v) is 11.4. The molecule has 4 rings (SSSR count). The third-order valence-electron chi connectivity index (χ3n) is 5.21. The van der Waals surface area contributed by atoms with Crippen molar-refractivity contribution in [1.82, 2.24) is 4.90 Å². The largest absolute Gasteiger partial charge is 0.326 e. The zero-order valence-electron chi connectivity index (χ0n) is 18.1. The van der Waals surface area contributed by atoms with E-state index in [1.165, 1.54) is 11.8 Å². The molecule has 0 aliphatic carbocycles. The van der Waals surface area contributed by atoms with Crippen LogP contribution in [0.4, 0.5) is 11.4 Å². The Hall–Kier alpha value is -3.38. The fraction of sp³-hybridized carbons (Fsp3) is 0.192. The molecule has 0 aromatic heterocycles. The molecule has 2 amide bonds. The number of rotatable bonds is 6. The number of anilines is 1. The maximum absolute atomic E-state index is 13.3. The fourth-order valence-electron chi connectivity index (χ4n) is 3.57. The van der Waals surface area contributed by atoms with Crippen molar-refractivity contribution in [2.75, 3.05) is 5.32 Å². The third-order valence-corrected chi connectivity index (χ3v) is 6.39. The predicted molar refractivity (Wildman–Crippen MR) is 131 cm³/mol. The normalized spacial score (nSPS) is 17.1. The van der Waals surface area contributed by atoms with Crippen LogP contribution < -0.4 is 5.32 Å². The van der Waals surface area contributed by atoms with Gasteiger partial charge in [-0.05, 0) is 43.2 Å². The lowest BCUT2D eigenvalue weighted by Gasteiger charge is -2.16. The van der Waals surface area contributed by atoms with Crippen molar-refractivity contribution in [2.45, 2.75) is 32.1 Å². The van der Waals surface area contributed by atoms with Crippen molar-refractivity contribution in [3.8, 4) is 0 Å². The number of para-hydroxylation sites is 1. The minimum Gasteiger partial charge on any atom is -0.326 e. The Morgan fingerprint density at radius 3 is 2.38 bits per heavy atom. The highest BCUT2D eigenvalue weighted by atomic mass is 32.2. The van der Waals surface area contributed by atoms with Gasteiger partial charge < -0.3 is 5.32 Å². The van der Waals surface area contributed by atoms with E-state index in [-0.39, 0.29) is 18.2 Å². The van der Waals surface area contributed by atoms with E-state index >= 15 is 0 Å². The number of aryl methyl sites for hydroxylation is 2. The second-order valence-corrected chi connectivity index (χ2v) is 8.99. The summed E-state index contributed by atoms with van der Waals surface area (Å²) >= 11 is 1.35. The molecule has 1 aliphatic heterocycles. The number of benzene rings is 3. The summed E-state index contributed by atoms with van der Waals surface area (Å²) in [5.41, 5.74) is 4.71. The molecule has 6 heteroatoms. The number of amides is 2. The van der Waals surface area contributed by atoms with E-state index in [9.17, 15) is 9.59 Å². The topological polar surface area (TPSA) is 61.8 Å². The average Bonchev–Trinajstić information content (AvgIpc) is 3.06. The van der Waals surface area contributed by atoms with Gasteiger partial charge in [-0.2, -0.15) is 0 Å². The van der Waals surface area contributed by atoms with Crippen LogP contribution in [0.5, 0.6) is 0 Å². The van der Waals surface area contributed by atoms with Crippen molar-refractivity contribution in [1.29, 1.82) is 0 Å². The van der Waals surface area contributed by atoms with Crippen LogP contribution in [0.25, 0.3) is 0 Å². The highest BCUT2D eigenvalue weighted by Gasteiger charge is 2.39. The second kappa shape index (κ2) is 9.83. The molecule has 0 unspecified atom stereocenters. The number of carbonyl (C=O) groups excluding carboxylic acids is 2. The van der Waals surface area contributed by atoms with E-state index in [0.717, 1.165) is 28.1 Å². The number of hydrogen-bond donors (Lipinski definition) is 1. The van der Waals surface area contributed by atoms with Gasteiger partial charge in [0, 0.05) is 12.1 Å². The zero-order chi connectivity index (χ0) is 22.5. The first-order valence-electron chi connectivity index (χ1n) is 10.5. The molecule has 1 heterocycles. The Labute approximate surface area is 192 Å². The molecule has 3 aromatic carbocycles. The Balaban J connectivity index is 1.53. The molecule has 1 atom stereocenters. The fourth-order valence-corrected chi connectivity index (χ4v) is 4.73. The van der Waals surface area contributed by atoms with Gasteiger partial charge in [-0.15, -0.1) is 0 Å². The van der Waals surface area contributed by atoms with Crippen molar-refractivity contribution >= 4 is 40.1 Å². The second-order valence-electron chi connectivity index (χ2n) is 7.82. The Kier molecular flexibility index (Phi) is 6.71. The van der Waals surface area contributed by atoms with Gasteiger partial charge in [0.2, 0.25) is 11.8 Å². The molecule has 0 saturated carbocycles. The third kappa shape index (κ3) is 5.26. The number of hydrogen-bond acceptors (Lipinski definition) is 4. The van der Waals surface area contributed by atoms with Crippen LogP contribution in [0.15, 0.2) is 83.9 Å². The van der Waals surface area contributed by atoms with Crippen LogP contribution in [0.3, 0.4) is 0 Å². The molecule has 1 saturated heterocycles. The van der Waals surface area contributed by atoms with Crippen molar-refractivity contribution in [3.63, 3.8) is 0 Å².